The van der Waals surface area contributed by atoms with E-state index in [1.54, 1.807) is 12.1 Å². The van der Waals surface area contributed by atoms with Gasteiger partial charge in [-0.05, 0) is 0 Å². The van der Waals surface area contributed by atoms with Gasteiger partial charge >= 0.3 is 285 Å². The van der Waals surface area contributed by atoms with Gasteiger partial charge in [-0.1, -0.05) is 0 Å². The molecule has 3 heteroatoms. The van der Waals surface area contributed by atoms with Crippen molar-refractivity contribution in [1.82, 2.24) is 0 Å². The molecule has 0 bridgehead atoms. The summed E-state index contributed by atoms with van der Waals surface area (Å²) >= 11 is -2.58. The standard InChI is InChI=1S/C27H29.C13H10.C5H5.2ClH.Zr/c1-16-7-9-26(3,4)24-12-18-11-19-13-25-21(17(2)8-10-27(25,5)6)15-23(19)22(18)14-20(16)24;1-3-7-12(8-4-1)11-13-9-5-2-6-10-13;1-2-4-5-3-1;;;/h7-9,12-15H,10-11H2,1-6H3;1-10H;1-3H,4H2;2*1H;/q;;;;;+2/p-2. The molecule has 8 rings (SSSR count). The number of rotatable bonds is 4. The predicted molar refractivity (Wildman–Crippen MR) is 194 cm³/mol. The Kier molecular flexibility index (Phi) is 9.58. The first-order valence-electron chi connectivity index (χ1n) is 17.1. The minimum Gasteiger partial charge on any atom is -1.00 e. The predicted octanol–water partition coefficient (Wildman–Crippen LogP) is 5.56. The molecule has 0 saturated carbocycles. The molecule has 0 saturated heterocycles. The second kappa shape index (κ2) is 13.1. The smallest absolute Gasteiger partial charge is 1.00 e. The van der Waals surface area contributed by atoms with Crippen molar-refractivity contribution in [3.63, 3.8) is 0 Å². The first-order valence-corrected chi connectivity index (χ1v) is 20.9. The summed E-state index contributed by atoms with van der Waals surface area (Å²) in [5.74, 6) is 0. The van der Waals surface area contributed by atoms with Gasteiger partial charge in [0, 0.05) is 0 Å². The minimum absolute atomic E-state index is 0. The van der Waals surface area contributed by atoms with E-state index in [1.165, 1.54) is 61.2 Å². The van der Waals surface area contributed by atoms with Gasteiger partial charge in [-0.15, -0.1) is 0 Å². The molecule has 0 spiro atoms. The summed E-state index contributed by atoms with van der Waals surface area (Å²) in [6.45, 7) is 14.6. The molecule has 0 nitrogen and oxygen atoms in total. The van der Waals surface area contributed by atoms with Crippen LogP contribution in [-0.4, -0.2) is 3.21 Å². The van der Waals surface area contributed by atoms with Crippen LogP contribution in [0.4, 0.5) is 0 Å². The third kappa shape index (κ3) is 5.69. The molecular weight excluding hydrogens is 703 g/mol. The second-order valence-electron chi connectivity index (χ2n) is 15.2. The molecule has 1 atom stereocenters. The van der Waals surface area contributed by atoms with Crippen LogP contribution in [0.25, 0.3) is 22.3 Å². The summed E-state index contributed by atoms with van der Waals surface area (Å²) in [6.07, 6.45) is 15.6. The van der Waals surface area contributed by atoms with Gasteiger partial charge in [-0.25, -0.2) is 0 Å². The molecule has 48 heavy (non-hydrogen) atoms. The van der Waals surface area contributed by atoms with Gasteiger partial charge in [0.2, 0.25) is 0 Å². The number of fused-ring (bicyclic) bond motifs is 5. The third-order valence-electron chi connectivity index (χ3n) is 11.4. The van der Waals surface area contributed by atoms with Crippen molar-refractivity contribution in [3.05, 3.63) is 163 Å². The fourth-order valence-electron chi connectivity index (χ4n) is 8.67. The van der Waals surface area contributed by atoms with Crippen LogP contribution in [-0.2, 0) is 38.5 Å². The van der Waals surface area contributed by atoms with Crippen LogP contribution in [0.5, 0.6) is 0 Å². The molecule has 0 amide bonds. The van der Waals surface area contributed by atoms with Crippen molar-refractivity contribution >= 4 is 14.4 Å². The Balaban J connectivity index is 0.00000201. The van der Waals surface area contributed by atoms with E-state index in [1.807, 2.05) is 0 Å². The first-order chi connectivity index (χ1) is 22.1. The molecule has 0 heterocycles. The molecule has 4 aromatic carbocycles. The zero-order valence-corrected chi connectivity index (χ0v) is 32.9. The monoisotopic (exact) mass is 744 g/mol. The number of allylic oxidation sites excluding steroid dienone is 8. The van der Waals surface area contributed by atoms with Crippen LogP contribution < -0.4 is 24.8 Å². The van der Waals surface area contributed by atoms with Crippen molar-refractivity contribution in [2.75, 3.05) is 0 Å². The van der Waals surface area contributed by atoms with Crippen molar-refractivity contribution in [2.24, 2.45) is 0 Å². The van der Waals surface area contributed by atoms with Gasteiger partial charge in [-0.3, -0.25) is 0 Å². The zero-order valence-electron chi connectivity index (χ0n) is 28.9. The Hall–Kier alpha value is -2.83. The molecule has 4 aromatic rings. The number of halogens is 2. The Morgan fingerprint density at radius 1 is 0.688 bits per heavy atom. The molecule has 0 aliphatic heterocycles. The molecule has 0 N–H and O–H groups in total. The quantitative estimate of drug-likeness (QED) is 0.226. The number of benzene rings is 4. The van der Waals surface area contributed by atoms with Crippen molar-refractivity contribution in [3.8, 4) is 11.1 Å². The van der Waals surface area contributed by atoms with E-state index < -0.39 is 21.3 Å². The molecule has 0 radical (unpaired) electrons. The zero-order chi connectivity index (χ0) is 31.8. The van der Waals surface area contributed by atoms with Gasteiger partial charge in [-0.2, -0.15) is 0 Å². The van der Waals surface area contributed by atoms with Crippen LogP contribution in [0.15, 0.2) is 119 Å². The van der Waals surface area contributed by atoms with Gasteiger partial charge in [0.25, 0.3) is 0 Å². The van der Waals surface area contributed by atoms with Crippen LogP contribution in [0, 0.1) is 0 Å². The fourth-order valence-corrected chi connectivity index (χ4v) is 18.2. The molecule has 242 valence electrons. The van der Waals surface area contributed by atoms with Crippen molar-refractivity contribution in [1.29, 1.82) is 0 Å². The maximum atomic E-state index is 2.71. The van der Waals surface area contributed by atoms with Gasteiger partial charge in [0.05, 0.1) is 0 Å². The Morgan fingerprint density at radius 3 is 1.81 bits per heavy atom. The van der Waals surface area contributed by atoms with Gasteiger partial charge in [0.1, 0.15) is 0 Å². The summed E-state index contributed by atoms with van der Waals surface area (Å²) in [6, 6.07) is 32.9. The van der Waals surface area contributed by atoms with Crippen LogP contribution in [0.3, 0.4) is 0 Å². The van der Waals surface area contributed by atoms with Gasteiger partial charge < -0.3 is 24.8 Å². The topological polar surface area (TPSA) is 0 Å². The second-order valence-corrected chi connectivity index (χ2v) is 21.5. The summed E-state index contributed by atoms with van der Waals surface area (Å²) in [4.78, 5) is 0. The number of hydrogen-bond donors (Lipinski definition) is 0. The first kappa shape index (κ1) is 35.0. The average Bonchev–Trinajstić information content (AvgIpc) is 3.71. The van der Waals surface area contributed by atoms with E-state index in [9.17, 15) is 0 Å². The van der Waals surface area contributed by atoms with Crippen LogP contribution >= 0.6 is 0 Å². The molecule has 1 unspecified atom stereocenters. The average molecular weight is 747 g/mol. The van der Waals surface area contributed by atoms with E-state index >= 15 is 0 Å². The normalized spacial score (nSPS) is 18.7. The van der Waals surface area contributed by atoms with Crippen molar-refractivity contribution in [2.45, 2.75) is 75.3 Å². The summed E-state index contributed by atoms with van der Waals surface area (Å²) in [5.41, 5.74) is 17.8. The number of hydrogen-bond acceptors (Lipinski definition) is 0. The van der Waals surface area contributed by atoms with Gasteiger partial charge in [0.15, 0.2) is 0 Å². The minimum atomic E-state index is -2.58. The molecule has 0 aromatic heterocycles. The largest absolute Gasteiger partial charge is 1.00 e. The Bertz CT molecular complexity index is 2030. The van der Waals surface area contributed by atoms with E-state index in [4.69, 9.17) is 0 Å². The molecule has 4 aliphatic rings. The fraction of sp³-hybridized carbons (Fsp3) is 0.267. The van der Waals surface area contributed by atoms with Crippen LogP contribution in [0.2, 0.25) is 3.63 Å². The maximum Gasteiger partial charge on any atom is -1.00 e. The summed E-state index contributed by atoms with van der Waals surface area (Å²) < 4.78 is 3.85. The summed E-state index contributed by atoms with van der Waals surface area (Å²) in [7, 11) is 0. The SMILES string of the molecule is CC1=CCC(C)(C)c2cc3c(cc21)-c1cc2c(cc1C3)C(C)(C)[CH]([Zr+2]([C]1=CC=CC1)=[C](c1ccccc1)c1ccccc1)C=C2C.[Cl-].[Cl-]. The molecule has 0 fully saturated rings. The van der Waals surface area contributed by atoms with E-state index in [0.717, 1.165) is 19.3 Å². The third-order valence-corrected chi connectivity index (χ3v) is 20.4. The van der Waals surface area contributed by atoms with E-state index in [0.29, 0.717) is 3.63 Å². The Morgan fingerprint density at radius 2 is 1.25 bits per heavy atom. The Labute approximate surface area is 307 Å². The molecule has 4 aliphatic carbocycles. The summed E-state index contributed by atoms with van der Waals surface area (Å²) in [5, 5.41) is 0. The van der Waals surface area contributed by atoms with E-state index in [-0.39, 0.29) is 35.6 Å². The van der Waals surface area contributed by atoms with Crippen molar-refractivity contribution < 1.29 is 46.1 Å². The maximum absolute atomic E-state index is 2.71. The molecular formula is C45H44Cl2Zr. The van der Waals surface area contributed by atoms with Crippen LogP contribution in [0.1, 0.15) is 98.9 Å². The van der Waals surface area contributed by atoms with E-state index in [2.05, 4.69) is 157 Å².